The van der Waals surface area contributed by atoms with E-state index in [0.717, 1.165) is 0 Å². The van der Waals surface area contributed by atoms with Crippen LogP contribution in [0.2, 0.25) is 0 Å². The lowest BCUT2D eigenvalue weighted by atomic mass is 10.2. The van der Waals surface area contributed by atoms with E-state index in [1.54, 1.807) is 24.3 Å². The molecule has 0 spiro atoms. The highest BCUT2D eigenvalue weighted by Crippen LogP contribution is 2.31. The molecule has 2 aromatic rings. The lowest BCUT2D eigenvalue weighted by molar-refractivity contribution is -0.385. The van der Waals surface area contributed by atoms with Crippen LogP contribution in [0.5, 0.6) is 5.75 Å². The van der Waals surface area contributed by atoms with Gasteiger partial charge in [-0.25, -0.2) is 0 Å². The maximum absolute atomic E-state index is 10.8. The molecule has 0 aromatic heterocycles. The number of nitro groups is 1. The second kappa shape index (κ2) is 6.15. The van der Waals surface area contributed by atoms with Crippen LogP contribution >= 0.6 is 15.9 Å². The van der Waals surface area contributed by atoms with Crippen LogP contribution in [0.3, 0.4) is 0 Å². The van der Waals surface area contributed by atoms with Crippen molar-refractivity contribution in [3.63, 3.8) is 0 Å². The summed E-state index contributed by atoms with van der Waals surface area (Å²) in [6.45, 7) is 0. The maximum Gasteiger partial charge on any atom is 0.271 e. The zero-order valence-corrected chi connectivity index (χ0v) is 12.1. The number of benzene rings is 2. The number of phenolic OH excluding ortho intramolecular Hbond substituents is 1. The van der Waals surface area contributed by atoms with Crippen molar-refractivity contribution in [2.75, 3.05) is 0 Å². The van der Waals surface area contributed by atoms with Gasteiger partial charge in [0.15, 0.2) is 0 Å². The predicted molar refractivity (Wildman–Crippen MR) is 80.9 cm³/mol. The molecule has 6 nitrogen and oxygen atoms in total. The molecule has 1 N–H and O–H groups in total. The molecule has 21 heavy (non-hydrogen) atoms. The highest BCUT2D eigenvalue weighted by atomic mass is 79.9. The molecule has 0 fully saturated rings. The van der Waals surface area contributed by atoms with Gasteiger partial charge in [0.2, 0.25) is 0 Å². The number of hydrogen-bond acceptors (Lipinski definition) is 5. The highest BCUT2D eigenvalue weighted by Gasteiger charge is 2.13. The standard InChI is InChI=1S/C14H8BrN3O3/c15-13-6-12(18(20)21)5-10(14(13)19)8-17-11-3-1-9(7-16)2-4-11/h1-6,8,19H. The number of nitro benzene ring substituents is 1. The topological polar surface area (TPSA) is 99.5 Å². The Morgan fingerprint density at radius 2 is 2.00 bits per heavy atom. The summed E-state index contributed by atoms with van der Waals surface area (Å²) in [6.07, 6.45) is 1.33. The van der Waals surface area contributed by atoms with Crippen molar-refractivity contribution in [1.82, 2.24) is 0 Å². The Labute approximate surface area is 128 Å². The molecule has 0 saturated heterocycles. The Bertz CT molecular complexity index is 764. The van der Waals surface area contributed by atoms with Gasteiger partial charge in [-0.3, -0.25) is 15.1 Å². The molecule has 0 saturated carbocycles. The fourth-order valence-electron chi connectivity index (χ4n) is 1.58. The SMILES string of the molecule is N#Cc1ccc(N=Cc2cc([N+](=O)[O-])cc(Br)c2O)cc1. The van der Waals surface area contributed by atoms with E-state index >= 15 is 0 Å². The largest absolute Gasteiger partial charge is 0.506 e. The van der Waals surface area contributed by atoms with Gasteiger partial charge >= 0.3 is 0 Å². The van der Waals surface area contributed by atoms with Crippen LogP contribution in [0.15, 0.2) is 45.9 Å². The first-order valence-electron chi connectivity index (χ1n) is 5.72. The first-order chi connectivity index (χ1) is 10.0. The number of halogens is 1. The third-order valence-electron chi connectivity index (χ3n) is 2.64. The van der Waals surface area contributed by atoms with Gasteiger partial charge in [0.1, 0.15) is 5.75 Å². The molecule has 2 rings (SSSR count). The van der Waals surface area contributed by atoms with Gasteiger partial charge in [-0.05, 0) is 40.2 Å². The molecule has 104 valence electrons. The van der Waals surface area contributed by atoms with Gasteiger partial charge in [-0.15, -0.1) is 0 Å². The molecule has 7 heteroatoms. The third-order valence-corrected chi connectivity index (χ3v) is 3.24. The summed E-state index contributed by atoms with van der Waals surface area (Å²) in [7, 11) is 0. The normalized spacial score (nSPS) is 10.5. The Balaban J connectivity index is 2.35. The van der Waals surface area contributed by atoms with Crippen LogP contribution < -0.4 is 0 Å². The molecule has 0 bridgehead atoms. The fourth-order valence-corrected chi connectivity index (χ4v) is 2.04. The van der Waals surface area contributed by atoms with E-state index in [1.165, 1.54) is 18.3 Å². The van der Waals surface area contributed by atoms with Crippen molar-refractivity contribution in [2.45, 2.75) is 0 Å². The van der Waals surface area contributed by atoms with Crippen molar-refractivity contribution in [3.8, 4) is 11.8 Å². The van der Waals surface area contributed by atoms with Crippen molar-refractivity contribution >= 4 is 33.5 Å². The maximum atomic E-state index is 10.8. The van der Waals surface area contributed by atoms with E-state index in [4.69, 9.17) is 5.26 Å². The van der Waals surface area contributed by atoms with E-state index in [9.17, 15) is 15.2 Å². The van der Waals surface area contributed by atoms with Crippen LogP contribution in [0.25, 0.3) is 0 Å². The number of hydrogen-bond donors (Lipinski definition) is 1. The number of aliphatic imine (C=N–C) groups is 1. The molecule has 0 heterocycles. The average Bonchev–Trinajstić information content (AvgIpc) is 2.49. The van der Waals surface area contributed by atoms with Crippen molar-refractivity contribution in [3.05, 3.63) is 62.1 Å². The van der Waals surface area contributed by atoms with Crippen LogP contribution in [-0.2, 0) is 0 Å². The van der Waals surface area contributed by atoms with E-state index in [-0.39, 0.29) is 21.5 Å². The second-order valence-corrected chi connectivity index (χ2v) is 4.89. The Morgan fingerprint density at radius 3 is 2.57 bits per heavy atom. The first kappa shape index (κ1) is 14.7. The van der Waals surface area contributed by atoms with E-state index < -0.39 is 4.92 Å². The number of rotatable bonds is 3. The van der Waals surface area contributed by atoms with Crippen molar-refractivity contribution < 1.29 is 10.0 Å². The number of non-ortho nitro benzene ring substituents is 1. The highest BCUT2D eigenvalue weighted by molar-refractivity contribution is 9.10. The van der Waals surface area contributed by atoms with Crippen LogP contribution in [0.4, 0.5) is 11.4 Å². The molecule has 0 aliphatic heterocycles. The van der Waals surface area contributed by atoms with Gasteiger partial charge in [-0.1, -0.05) is 0 Å². The number of phenols is 1. The summed E-state index contributed by atoms with van der Waals surface area (Å²) in [6, 6.07) is 10.9. The summed E-state index contributed by atoms with van der Waals surface area (Å²) in [5.41, 5.74) is 1.15. The fraction of sp³-hybridized carbons (Fsp3) is 0. The van der Waals surface area contributed by atoms with Gasteiger partial charge < -0.3 is 5.11 Å². The van der Waals surface area contributed by atoms with Gasteiger partial charge in [0, 0.05) is 23.9 Å². The summed E-state index contributed by atoms with van der Waals surface area (Å²) < 4.78 is 0.220. The molecule has 0 aliphatic rings. The molecular weight excluding hydrogens is 338 g/mol. The summed E-state index contributed by atoms with van der Waals surface area (Å²) in [5, 5.41) is 29.3. The number of nitriles is 1. The van der Waals surface area contributed by atoms with Gasteiger partial charge in [0.05, 0.1) is 26.7 Å². The Hall–Kier alpha value is -2.72. The van der Waals surface area contributed by atoms with Crippen LogP contribution in [0.1, 0.15) is 11.1 Å². The minimum absolute atomic E-state index is 0.127. The van der Waals surface area contributed by atoms with Crippen molar-refractivity contribution in [1.29, 1.82) is 5.26 Å². The van der Waals surface area contributed by atoms with Gasteiger partial charge in [-0.2, -0.15) is 5.26 Å². The summed E-state index contributed by atoms with van der Waals surface area (Å²) in [4.78, 5) is 14.4. The Kier molecular flexibility index (Phi) is 4.30. The lowest BCUT2D eigenvalue weighted by Crippen LogP contribution is -1.91. The van der Waals surface area contributed by atoms with Crippen LogP contribution in [0, 0.1) is 21.4 Å². The molecule has 0 radical (unpaired) electrons. The third kappa shape index (κ3) is 3.43. The number of nitrogens with zero attached hydrogens (tertiary/aromatic N) is 3. The van der Waals surface area contributed by atoms with E-state index in [1.807, 2.05) is 6.07 Å². The molecule has 0 amide bonds. The predicted octanol–water partition coefficient (Wildman–Crippen LogP) is 3.69. The Morgan fingerprint density at radius 1 is 1.33 bits per heavy atom. The summed E-state index contributed by atoms with van der Waals surface area (Å²) >= 11 is 3.06. The molecule has 0 aliphatic carbocycles. The minimum atomic E-state index is -0.552. The van der Waals surface area contributed by atoms with Crippen LogP contribution in [-0.4, -0.2) is 16.2 Å². The molecule has 0 atom stereocenters. The number of aromatic hydroxyl groups is 1. The monoisotopic (exact) mass is 345 g/mol. The van der Waals surface area contributed by atoms with Gasteiger partial charge in [0.25, 0.3) is 5.69 Å². The molecular formula is C14H8BrN3O3. The van der Waals surface area contributed by atoms with E-state index in [2.05, 4.69) is 20.9 Å². The van der Waals surface area contributed by atoms with E-state index in [0.29, 0.717) is 11.3 Å². The zero-order valence-electron chi connectivity index (χ0n) is 10.5. The molecule has 2 aromatic carbocycles. The van der Waals surface area contributed by atoms with Crippen molar-refractivity contribution in [2.24, 2.45) is 4.99 Å². The second-order valence-electron chi connectivity index (χ2n) is 4.04. The zero-order chi connectivity index (χ0) is 15.4. The first-order valence-corrected chi connectivity index (χ1v) is 6.51. The minimum Gasteiger partial charge on any atom is -0.506 e. The summed E-state index contributed by atoms with van der Waals surface area (Å²) in [5.74, 6) is -0.127. The quantitative estimate of drug-likeness (QED) is 0.520. The smallest absolute Gasteiger partial charge is 0.271 e. The lowest BCUT2D eigenvalue weighted by Gasteiger charge is -2.02. The average molecular weight is 346 g/mol. The molecule has 0 unspecified atom stereocenters.